The van der Waals surface area contributed by atoms with Crippen LogP contribution in [0.1, 0.15) is 11.4 Å². The van der Waals surface area contributed by atoms with Crippen molar-refractivity contribution >= 4 is 5.52 Å². The molecule has 2 heterocycles. The Hall–Kier alpha value is -2.36. The Bertz CT molecular complexity index is 721. The van der Waals surface area contributed by atoms with Crippen LogP contribution in [0.4, 0.5) is 4.39 Å². The number of hydrogen-bond acceptors (Lipinski definition) is 2. The van der Waals surface area contributed by atoms with Crippen LogP contribution in [-0.2, 0) is 6.42 Å². The number of nitrogens with zero attached hydrogens (tertiary/aromatic N) is 2. The average molecular weight is 256 g/mol. The minimum atomic E-state index is -0.214. The summed E-state index contributed by atoms with van der Waals surface area (Å²) in [5, 5.41) is 0. The van der Waals surface area contributed by atoms with Gasteiger partial charge in [-0.1, -0.05) is 24.3 Å². The summed E-state index contributed by atoms with van der Waals surface area (Å²) in [6.07, 6.45) is 2.19. The van der Waals surface area contributed by atoms with Gasteiger partial charge in [0.25, 0.3) is 0 Å². The maximum atomic E-state index is 13.7. The molecule has 0 radical (unpaired) electrons. The Morgan fingerprint density at radius 1 is 1.16 bits per heavy atom. The van der Waals surface area contributed by atoms with Crippen LogP contribution in [0.5, 0.6) is 5.88 Å². The summed E-state index contributed by atoms with van der Waals surface area (Å²) < 4.78 is 20.9. The van der Waals surface area contributed by atoms with Crippen molar-refractivity contribution in [2.24, 2.45) is 0 Å². The number of aromatic nitrogens is 2. The Balaban J connectivity index is 2.09. The van der Waals surface area contributed by atoms with Gasteiger partial charge in [0, 0.05) is 6.42 Å². The van der Waals surface area contributed by atoms with Crippen LogP contribution >= 0.6 is 0 Å². The molecule has 0 amide bonds. The third-order valence-corrected chi connectivity index (χ3v) is 3.10. The maximum absolute atomic E-state index is 13.7. The van der Waals surface area contributed by atoms with E-state index in [0.717, 1.165) is 11.3 Å². The molecule has 0 fully saturated rings. The van der Waals surface area contributed by atoms with Gasteiger partial charge in [-0.2, -0.15) is 0 Å². The summed E-state index contributed by atoms with van der Waals surface area (Å²) in [6.45, 7) is 0. The lowest BCUT2D eigenvalue weighted by Crippen LogP contribution is -2.01. The molecule has 0 unspecified atom stereocenters. The molecule has 0 aliphatic rings. The van der Waals surface area contributed by atoms with E-state index in [9.17, 15) is 4.39 Å². The van der Waals surface area contributed by atoms with Crippen LogP contribution in [0, 0.1) is 5.82 Å². The fourth-order valence-electron chi connectivity index (χ4n) is 2.18. The van der Waals surface area contributed by atoms with Gasteiger partial charge >= 0.3 is 0 Å². The summed E-state index contributed by atoms with van der Waals surface area (Å²) >= 11 is 0. The highest BCUT2D eigenvalue weighted by Gasteiger charge is 2.10. The average Bonchev–Trinajstić information content (AvgIpc) is 2.85. The van der Waals surface area contributed by atoms with E-state index >= 15 is 0 Å². The Morgan fingerprint density at radius 2 is 2.00 bits per heavy atom. The van der Waals surface area contributed by atoms with Gasteiger partial charge in [0.05, 0.1) is 18.8 Å². The molecule has 1 aromatic carbocycles. The van der Waals surface area contributed by atoms with Gasteiger partial charge in [-0.3, -0.25) is 4.40 Å². The molecule has 0 N–H and O–H groups in total. The fourth-order valence-corrected chi connectivity index (χ4v) is 2.18. The highest BCUT2D eigenvalue weighted by atomic mass is 19.1. The van der Waals surface area contributed by atoms with E-state index in [2.05, 4.69) is 4.98 Å². The van der Waals surface area contributed by atoms with Crippen molar-refractivity contribution in [2.75, 3.05) is 7.11 Å². The predicted molar refractivity (Wildman–Crippen MR) is 71.0 cm³/mol. The van der Waals surface area contributed by atoms with Gasteiger partial charge in [-0.05, 0) is 23.8 Å². The number of rotatable bonds is 3. The fraction of sp³-hybridized carbons (Fsp3) is 0.133. The van der Waals surface area contributed by atoms with E-state index < -0.39 is 0 Å². The molecule has 3 nitrogen and oxygen atoms in total. The number of pyridine rings is 1. The Kier molecular flexibility index (Phi) is 2.91. The SMILES string of the molecule is COc1cccc2cnc(Cc3ccccc3F)n12. The van der Waals surface area contributed by atoms with Crippen LogP contribution in [0.3, 0.4) is 0 Å². The zero-order chi connectivity index (χ0) is 13.2. The third-order valence-electron chi connectivity index (χ3n) is 3.10. The first-order valence-corrected chi connectivity index (χ1v) is 6.02. The highest BCUT2D eigenvalue weighted by molar-refractivity contribution is 5.49. The van der Waals surface area contributed by atoms with Crippen molar-refractivity contribution in [1.29, 1.82) is 0 Å². The van der Waals surface area contributed by atoms with Crippen LogP contribution < -0.4 is 4.74 Å². The molecule has 2 aromatic heterocycles. The number of imidazole rings is 1. The highest BCUT2D eigenvalue weighted by Crippen LogP contribution is 2.20. The number of ether oxygens (including phenoxy) is 1. The Morgan fingerprint density at radius 3 is 2.79 bits per heavy atom. The number of halogens is 1. The zero-order valence-corrected chi connectivity index (χ0v) is 10.5. The largest absolute Gasteiger partial charge is 0.482 e. The van der Waals surface area contributed by atoms with Crippen LogP contribution in [0.25, 0.3) is 5.52 Å². The molecular weight excluding hydrogens is 243 g/mol. The van der Waals surface area contributed by atoms with Crippen LogP contribution in [-0.4, -0.2) is 16.5 Å². The number of methoxy groups -OCH3 is 1. The molecule has 96 valence electrons. The molecule has 0 aliphatic carbocycles. The summed E-state index contributed by atoms with van der Waals surface area (Å²) in [6, 6.07) is 12.4. The van der Waals surface area contributed by atoms with Crippen molar-refractivity contribution in [2.45, 2.75) is 6.42 Å². The summed E-state index contributed by atoms with van der Waals surface area (Å²) in [5.41, 5.74) is 1.56. The standard InChI is InChI=1S/C15H13FN2O/c1-19-15-8-4-6-12-10-17-14(18(12)15)9-11-5-2-3-7-13(11)16/h2-8,10H,9H2,1H3. The maximum Gasteiger partial charge on any atom is 0.199 e. The van der Waals surface area contributed by atoms with Crippen molar-refractivity contribution < 1.29 is 9.13 Å². The van der Waals surface area contributed by atoms with E-state index in [1.807, 2.05) is 28.7 Å². The van der Waals surface area contributed by atoms with E-state index in [1.165, 1.54) is 6.07 Å². The van der Waals surface area contributed by atoms with Gasteiger partial charge in [0.1, 0.15) is 11.6 Å². The minimum Gasteiger partial charge on any atom is -0.482 e. The molecule has 0 spiro atoms. The molecule has 4 heteroatoms. The van der Waals surface area contributed by atoms with E-state index in [-0.39, 0.29) is 5.82 Å². The second-order valence-electron chi connectivity index (χ2n) is 4.27. The van der Waals surface area contributed by atoms with Gasteiger partial charge in [0.2, 0.25) is 0 Å². The van der Waals surface area contributed by atoms with Crippen molar-refractivity contribution in [1.82, 2.24) is 9.38 Å². The summed E-state index contributed by atoms with van der Waals surface area (Å²) in [5.74, 6) is 1.24. The molecule has 0 saturated heterocycles. The first kappa shape index (κ1) is 11.7. The van der Waals surface area contributed by atoms with Gasteiger partial charge < -0.3 is 4.74 Å². The van der Waals surface area contributed by atoms with E-state index in [4.69, 9.17) is 4.74 Å². The second kappa shape index (κ2) is 4.72. The van der Waals surface area contributed by atoms with Crippen molar-refractivity contribution in [3.8, 4) is 5.88 Å². The number of fused-ring (bicyclic) bond motifs is 1. The molecule has 0 atom stereocenters. The molecular formula is C15H13FN2O. The predicted octanol–water partition coefficient (Wildman–Crippen LogP) is 3.07. The van der Waals surface area contributed by atoms with Gasteiger partial charge in [0.15, 0.2) is 5.88 Å². The first-order valence-electron chi connectivity index (χ1n) is 6.02. The molecule has 3 rings (SSSR count). The molecule has 3 aromatic rings. The lowest BCUT2D eigenvalue weighted by atomic mass is 10.1. The summed E-state index contributed by atoms with van der Waals surface area (Å²) in [4.78, 5) is 4.36. The molecule has 0 aliphatic heterocycles. The molecule has 19 heavy (non-hydrogen) atoms. The van der Waals surface area contributed by atoms with Crippen LogP contribution in [0.15, 0.2) is 48.7 Å². The molecule has 0 saturated carbocycles. The summed E-state index contributed by atoms with van der Waals surface area (Å²) in [7, 11) is 1.61. The molecule has 0 bridgehead atoms. The monoisotopic (exact) mass is 256 g/mol. The lowest BCUT2D eigenvalue weighted by molar-refractivity contribution is 0.390. The van der Waals surface area contributed by atoms with E-state index in [0.29, 0.717) is 17.9 Å². The lowest BCUT2D eigenvalue weighted by Gasteiger charge is -2.07. The number of benzene rings is 1. The third kappa shape index (κ3) is 2.05. The number of hydrogen-bond donors (Lipinski definition) is 0. The smallest absolute Gasteiger partial charge is 0.199 e. The van der Waals surface area contributed by atoms with Gasteiger partial charge in [-0.15, -0.1) is 0 Å². The quantitative estimate of drug-likeness (QED) is 0.720. The van der Waals surface area contributed by atoms with Crippen molar-refractivity contribution in [3.05, 3.63) is 65.9 Å². The van der Waals surface area contributed by atoms with E-state index in [1.54, 1.807) is 25.4 Å². The normalized spacial score (nSPS) is 10.8. The Labute approximate surface area is 110 Å². The minimum absolute atomic E-state index is 0.214. The van der Waals surface area contributed by atoms with Crippen LogP contribution in [0.2, 0.25) is 0 Å². The first-order chi connectivity index (χ1) is 9.29. The van der Waals surface area contributed by atoms with Crippen molar-refractivity contribution in [3.63, 3.8) is 0 Å². The second-order valence-corrected chi connectivity index (χ2v) is 4.27. The topological polar surface area (TPSA) is 26.5 Å². The zero-order valence-electron chi connectivity index (χ0n) is 10.5. The van der Waals surface area contributed by atoms with Gasteiger partial charge in [-0.25, -0.2) is 9.37 Å².